The number of aliphatic hydroxyl groups excluding tert-OH is 1. The van der Waals surface area contributed by atoms with Gasteiger partial charge in [0.15, 0.2) is 24.6 Å². The molecule has 14 nitrogen and oxygen atoms in total. The minimum absolute atomic E-state index is 0.154. The number of carbonyl (C=O) groups excluding carboxylic acids is 4. The molecule has 5 atom stereocenters. The van der Waals surface area contributed by atoms with E-state index in [2.05, 4.69) is 12.4 Å². The Morgan fingerprint density at radius 2 is 0.982 bits per heavy atom. The van der Waals surface area contributed by atoms with E-state index in [1.54, 1.807) is 92.0 Å². The number of hydroxylamine groups is 1. The summed E-state index contributed by atoms with van der Waals surface area (Å²) in [6.07, 6.45) is -11.9. The van der Waals surface area contributed by atoms with E-state index in [4.69, 9.17) is 38.4 Å². The van der Waals surface area contributed by atoms with E-state index in [1.807, 2.05) is 0 Å². The van der Waals surface area contributed by atoms with Crippen LogP contribution in [0, 0.1) is 0 Å². The van der Waals surface area contributed by atoms with Crippen LogP contribution in [0.5, 0.6) is 0 Å². The molecule has 1 aliphatic heterocycles. The van der Waals surface area contributed by atoms with Crippen molar-refractivity contribution >= 4 is 29.8 Å². The predicted molar refractivity (Wildman–Crippen MR) is 194 cm³/mol. The third-order valence-electron chi connectivity index (χ3n) is 7.45. The maximum absolute atomic E-state index is 13.3. The van der Waals surface area contributed by atoms with Crippen molar-refractivity contribution in [1.29, 1.82) is 0 Å². The first-order chi connectivity index (χ1) is 27.3. The molecule has 1 fully saturated rings. The fourth-order valence-corrected chi connectivity index (χ4v) is 4.75. The highest BCUT2D eigenvalue weighted by atomic mass is 19.4. The minimum Gasteiger partial charge on any atom is -0.475 e. The van der Waals surface area contributed by atoms with Crippen LogP contribution in [-0.4, -0.2) is 97.2 Å². The van der Waals surface area contributed by atoms with Gasteiger partial charge in [-0.15, -0.1) is 0 Å². The summed E-state index contributed by atoms with van der Waals surface area (Å²) in [7, 11) is 1.76. The topological polar surface area (TPSA) is 193 Å². The number of rotatable bonds is 12. The lowest BCUT2D eigenvalue weighted by molar-refractivity contribution is -0.284. The third-order valence-corrected chi connectivity index (χ3v) is 7.45. The molecule has 3 N–H and O–H groups in total. The second-order valence-corrected chi connectivity index (χ2v) is 11.6. The molecular formula is C40H40F3NO13. The number of hydrogen-bond donors (Lipinski definition) is 3. The smallest absolute Gasteiger partial charge is 0.475 e. The van der Waals surface area contributed by atoms with Gasteiger partial charge in [0, 0.05) is 7.05 Å². The largest absolute Gasteiger partial charge is 0.490 e. The molecule has 1 heterocycles. The number of esters is 4. The van der Waals surface area contributed by atoms with Crippen LogP contribution in [0.3, 0.4) is 0 Å². The molecule has 0 saturated carbocycles. The van der Waals surface area contributed by atoms with E-state index in [9.17, 15) is 37.5 Å². The summed E-state index contributed by atoms with van der Waals surface area (Å²) in [6, 6.07) is 32.1. The Hall–Kier alpha value is -6.14. The summed E-state index contributed by atoms with van der Waals surface area (Å²) in [5.41, 5.74) is 3.30. The molecule has 0 radical (unpaired) electrons. The number of carbonyl (C=O) groups is 5. The number of aliphatic carboxylic acids is 1. The molecule has 0 aliphatic carbocycles. The maximum atomic E-state index is 13.3. The Morgan fingerprint density at radius 3 is 1.32 bits per heavy atom. The van der Waals surface area contributed by atoms with E-state index in [-0.39, 0.29) is 22.3 Å². The number of halogens is 3. The van der Waals surface area contributed by atoms with Crippen molar-refractivity contribution in [3.05, 3.63) is 144 Å². The van der Waals surface area contributed by atoms with Gasteiger partial charge in [0.1, 0.15) is 12.7 Å². The Bertz CT molecular complexity index is 1850. The molecule has 57 heavy (non-hydrogen) atoms. The van der Waals surface area contributed by atoms with Crippen molar-refractivity contribution in [3.63, 3.8) is 0 Å². The van der Waals surface area contributed by atoms with Crippen LogP contribution < -0.4 is 5.48 Å². The number of nitrogens with one attached hydrogen (secondary N) is 1. The summed E-state index contributed by atoms with van der Waals surface area (Å²) in [5.74, 6) is -5.96. The minimum atomic E-state index is -5.08. The molecule has 0 spiro atoms. The normalized spacial score (nSPS) is 18.5. The first-order valence-electron chi connectivity index (χ1n) is 17.2. The Balaban J connectivity index is 0.000000577. The highest BCUT2D eigenvalue weighted by molar-refractivity contribution is 5.91. The quantitative estimate of drug-likeness (QED) is 0.0712. The number of carboxylic acid groups (broad SMARTS) is 1. The maximum Gasteiger partial charge on any atom is 0.490 e. The third kappa shape index (κ3) is 14.8. The summed E-state index contributed by atoms with van der Waals surface area (Å²) < 4.78 is 60.1. The molecule has 1 aliphatic rings. The van der Waals surface area contributed by atoms with Crippen molar-refractivity contribution in [2.45, 2.75) is 50.2 Å². The average molecular weight is 800 g/mol. The summed E-state index contributed by atoms with van der Waals surface area (Å²) in [5, 5.41) is 18.2. The molecular weight excluding hydrogens is 759 g/mol. The van der Waals surface area contributed by atoms with Gasteiger partial charge < -0.3 is 38.7 Å². The van der Waals surface area contributed by atoms with Gasteiger partial charge in [-0.2, -0.15) is 13.2 Å². The van der Waals surface area contributed by atoms with Crippen LogP contribution >= 0.6 is 0 Å². The van der Waals surface area contributed by atoms with Gasteiger partial charge in [-0.3, -0.25) is 0 Å². The Morgan fingerprint density at radius 1 is 0.632 bits per heavy atom. The van der Waals surface area contributed by atoms with Gasteiger partial charge in [-0.1, -0.05) is 79.7 Å². The number of ether oxygens (including phenoxy) is 5. The lowest BCUT2D eigenvalue weighted by atomic mass is 9.97. The zero-order valence-electron chi connectivity index (χ0n) is 30.6. The van der Waals surface area contributed by atoms with Crippen LogP contribution in [-0.2, 0) is 33.3 Å². The second kappa shape index (κ2) is 23.1. The zero-order valence-corrected chi connectivity index (χ0v) is 30.6. The van der Waals surface area contributed by atoms with Crippen molar-refractivity contribution < 1.29 is 75.9 Å². The van der Waals surface area contributed by atoms with Gasteiger partial charge >= 0.3 is 36.0 Å². The lowest BCUT2D eigenvalue weighted by Crippen LogP contribution is -2.62. The molecule has 0 bridgehead atoms. The fraction of sp³-hybridized carbons (Fsp3) is 0.275. The second-order valence-electron chi connectivity index (χ2n) is 11.6. The first kappa shape index (κ1) is 45.3. The summed E-state index contributed by atoms with van der Waals surface area (Å²) >= 11 is 0. The van der Waals surface area contributed by atoms with Gasteiger partial charge in [-0.05, 0) is 55.0 Å². The van der Waals surface area contributed by atoms with Crippen molar-refractivity contribution in [1.82, 2.24) is 5.48 Å². The number of hydrogen-bond acceptors (Lipinski definition) is 13. The van der Waals surface area contributed by atoms with Crippen LogP contribution in [0.1, 0.15) is 54.8 Å². The van der Waals surface area contributed by atoms with E-state index >= 15 is 0 Å². The number of carboxylic acids is 1. The first-order valence-corrected chi connectivity index (χ1v) is 17.2. The molecule has 1 saturated heterocycles. The highest BCUT2D eigenvalue weighted by Gasteiger charge is 2.52. The molecule has 0 aromatic heterocycles. The fourth-order valence-electron chi connectivity index (χ4n) is 4.75. The molecule has 4 aromatic carbocycles. The van der Waals surface area contributed by atoms with Crippen molar-refractivity contribution in [2.24, 2.45) is 0 Å². The monoisotopic (exact) mass is 799 g/mol. The molecule has 0 amide bonds. The lowest BCUT2D eigenvalue weighted by Gasteiger charge is -2.42. The van der Waals surface area contributed by atoms with Crippen molar-refractivity contribution in [3.8, 4) is 0 Å². The molecule has 17 heteroatoms. The Kier molecular flexibility index (Phi) is 18.3. The highest BCUT2D eigenvalue weighted by Crippen LogP contribution is 2.30. The van der Waals surface area contributed by atoms with Gasteiger partial charge in [0.05, 0.1) is 28.9 Å². The molecule has 4 aromatic rings. The van der Waals surface area contributed by atoms with Crippen molar-refractivity contribution in [2.75, 3.05) is 20.3 Å². The van der Waals surface area contributed by atoms with Gasteiger partial charge in [0.25, 0.3) is 0 Å². The number of alkyl halides is 3. The number of benzene rings is 4. The molecule has 304 valence electrons. The molecule has 5 rings (SSSR count). The predicted octanol–water partition coefficient (Wildman–Crippen LogP) is 5.42. The summed E-state index contributed by atoms with van der Waals surface area (Å²) in [6.45, 7) is 2.37. The summed E-state index contributed by atoms with van der Waals surface area (Å²) in [4.78, 5) is 65.9. The SMILES string of the molecule is CCCONC.O=C(O)C(F)(F)F.O=C(OC[C@H]1O[C@@H](O)[C@H](OC(=O)c2ccccc2)[C@@H](OC(=O)c2ccccc2)[C@@H]1OC(=O)c1ccccc1)c1ccccc1. The van der Waals surface area contributed by atoms with Gasteiger partial charge in [0.2, 0.25) is 0 Å². The van der Waals surface area contributed by atoms with Crippen LogP contribution in [0.15, 0.2) is 121 Å². The average Bonchev–Trinajstić information content (AvgIpc) is 3.22. The zero-order chi connectivity index (χ0) is 41.8. The van der Waals surface area contributed by atoms with E-state index < -0.39 is 73.3 Å². The molecule has 0 unspecified atom stereocenters. The van der Waals surface area contributed by atoms with Gasteiger partial charge in [-0.25, -0.2) is 29.5 Å². The van der Waals surface area contributed by atoms with Crippen LogP contribution in [0.2, 0.25) is 0 Å². The van der Waals surface area contributed by atoms with E-state index in [0.717, 1.165) is 13.0 Å². The van der Waals surface area contributed by atoms with E-state index in [0.29, 0.717) is 0 Å². The number of aliphatic hydroxyl groups is 1. The van der Waals surface area contributed by atoms with Crippen LogP contribution in [0.25, 0.3) is 0 Å². The van der Waals surface area contributed by atoms with E-state index in [1.165, 1.54) is 36.4 Å². The Labute approximate surface area is 325 Å². The standard InChI is InChI=1S/C34H28O10.C4H11NO.C2HF3O2/c35-30(22-13-5-1-6-14-22)40-21-26-27(42-31(36)23-15-7-2-8-16-23)28(43-32(37)24-17-9-3-10-18-24)29(34(39)41-26)44-33(38)25-19-11-4-12-20-25;1-3-4-6-5-2;3-2(4,5)1(6)7/h1-20,26-29,34,39H,21H2;5H,3-4H2,1-2H3;(H,6,7)/t26-,27-,28+,29-,34-;;/m1../s1. The van der Waals surface area contributed by atoms with Crippen LogP contribution in [0.4, 0.5) is 13.2 Å².